The zero-order chi connectivity index (χ0) is 14.0. The molecule has 19 heavy (non-hydrogen) atoms. The summed E-state index contributed by atoms with van der Waals surface area (Å²) in [4.78, 5) is 11.3. The van der Waals surface area contributed by atoms with Crippen LogP contribution in [0.15, 0.2) is 22.7 Å². The first-order chi connectivity index (χ1) is 9.02. The van der Waals surface area contributed by atoms with Crippen LogP contribution in [0.4, 0.5) is 0 Å². The summed E-state index contributed by atoms with van der Waals surface area (Å²) in [6.45, 7) is 1.69. The Bertz CT molecular complexity index is 471. The number of carboxylic acid groups (broad SMARTS) is 1. The van der Waals surface area contributed by atoms with E-state index >= 15 is 0 Å². The molecule has 1 aromatic carbocycles. The molecule has 1 fully saturated rings. The van der Waals surface area contributed by atoms with Crippen LogP contribution < -0.4 is 4.74 Å². The minimum absolute atomic E-state index is 0.486. The maximum atomic E-state index is 11.3. The van der Waals surface area contributed by atoms with Gasteiger partial charge in [-0.25, -0.2) is 4.79 Å². The zero-order valence-corrected chi connectivity index (χ0v) is 12.5. The van der Waals surface area contributed by atoms with E-state index in [4.69, 9.17) is 9.47 Å². The minimum Gasteiger partial charge on any atom is -0.478 e. The van der Waals surface area contributed by atoms with Crippen LogP contribution in [-0.4, -0.2) is 30.4 Å². The molecule has 1 aliphatic carbocycles. The summed E-state index contributed by atoms with van der Waals surface area (Å²) < 4.78 is 11.7. The summed E-state index contributed by atoms with van der Waals surface area (Å²) in [6.07, 6.45) is 0.756. The van der Waals surface area contributed by atoms with Gasteiger partial charge in [-0.15, -0.1) is 0 Å². The van der Waals surface area contributed by atoms with E-state index in [0.29, 0.717) is 11.7 Å². The Morgan fingerprint density at radius 2 is 2.16 bits per heavy atom. The van der Waals surface area contributed by atoms with Crippen molar-refractivity contribution in [3.8, 4) is 5.75 Å². The van der Waals surface area contributed by atoms with Crippen LogP contribution in [0.25, 0.3) is 0 Å². The van der Waals surface area contributed by atoms with E-state index < -0.39 is 18.2 Å². The van der Waals surface area contributed by atoms with Crippen molar-refractivity contribution in [3.05, 3.63) is 28.2 Å². The second-order valence-electron chi connectivity index (χ2n) is 4.77. The summed E-state index contributed by atoms with van der Waals surface area (Å²) in [7, 11) is 1.48. The van der Waals surface area contributed by atoms with E-state index in [-0.39, 0.29) is 0 Å². The van der Waals surface area contributed by atoms with Gasteiger partial charge in [-0.3, -0.25) is 0 Å². The Morgan fingerprint density at radius 3 is 2.68 bits per heavy atom. The molecule has 5 heteroatoms. The first-order valence-corrected chi connectivity index (χ1v) is 7.04. The summed E-state index contributed by atoms with van der Waals surface area (Å²) >= 11 is 3.43. The number of hydrogen-bond donors (Lipinski definition) is 1. The molecule has 0 radical (unpaired) electrons. The van der Waals surface area contributed by atoms with Crippen LogP contribution in [0.5, 0.6) is 5.75 Å². The molecule has 1 aliphatic rings. The Labute approximate surface area is 120 Å². The number of methoxy groups -OCH3 is 1. The first-order valence-electron chi connectivity index (χ1n) is 6.24. The molecule has 4 nitrogen and oxygen atoms in total. The van der Waals surface area contributed by atoms with Crippen LogP contribution in [0.2, 0.25) is 0 Å². The molecule has 0 spiro atoms. The third-order valence-corrected chi connectivity index (χ3v) is 3.78. The molecule has 1 saturated carbocycles. The van der Waals surface area contributed by atoms with Gasteiger partial charge in [0.2, 0.25) is 6.10 Å². The fraction of sp³-hybridized carbons (Fsp3) is 0.500. The molecule has 0 bridgehead atoms. The summed E-state index contributed by atoms with van der Waals surface area (Å²) in [5, 5.41) is 9.22. The average Bonchev–Trinajstić information content (AvgIpc) is 3.20. The van der Waals surface area contributed by atoms with Crippen molar-refractivity contribution in [1.29, 1.82) is 0 Å². The van der Waals surface area contributed by atoms with Crippen LogP contribution in [0.3, 0.4) is 0 Å². The number of hydrogen-bond acceptors (Lipinski definition) is 3. The SMILES string of the molecule is COC(C)[C@H](Oc1ccc(Br)cc1C1CC1)C(=O)O. The van der Waals surface area contributed by atoms with Gasteiger partial charge in [0.05, 0.1) is 0 Å². The molecule has 0 aliphatic heterocycles. The van der Waals surface area contributed by atoms with Crippen molar-refractivity contribution in [2.45, 2.75) is 37.9 Å². The molecular weight excluding hydrogens is 312 g/mol. The van der Waals surface area contributed by atoms with Gasteiger partial charge in [0.1, 0.15) is 11.9 Å². The predicted molar refractivity (Wildman–Crippen MR) is 74.6 cm³/mol. The van der Waals surface area contributed by atoms with Gasteiger partial charge in [0.15, 0.2) is 0 Å². The van der Waals surface area contributed by atoms with Gasteiger partial charge >= 0.3 is 5.97 Å². The van der Waals surface area contributed by atoms with Crippen molar-refractivity contribution in [3.63, 3.8) is 0 Å². The van der Waals surface area contributed by atoms with Crippen molar-refractivity contribution in [1.82, 2.24) is 0 Å². The fourth-order valence-corrected chi connectivity index (χ4v) is 2.33. The van der Waals surface area contributed by atoms with E-state index in [1.807, 2.05) is 18.2 Å². The molecule has 1 aromatic rings. The zero-order valence-electron chi connectivity index (χ0n) is 10.9. The molecule has 1 N–H and O–H groups in total. The largest absolute Gasteiger partial charge is 0.478 e. The first kappa shape index (κ1) is 14.3. The van der Waals surface area contributed by atoms with E-state index in [1.165, 1.54) is 7.11 Å². The minimum atomic E-state index is -1.01. The lowest BCUT2D eigenvalue weighted by atomic mass is 10.1. The van der Waals surface area contributed by atoms with E-state index in [9.17, 15) is 9.90 Å². The van der Waals surface area contributed by atoms with Gasteiger partial charge in [-0.1, -0.05) is 15.9 Å². The van der Waals surface area contributed by atoms with Crippen molar-refractivity contribution in [2.75, 3.05) is 7.11 Å². The Kier molecular flexibility index (Phi) is 4.47. The Hall–Kier alpha value is -1.07. The highest BCUT2D eigenvalue weighted by atomic mass is 79.9. The monoisotopic (exact) mass is 328 g/mol. The lowest BCUT2D eigenvalue weighted by Gasteiger charge is -2.22. The number of halogens is 1. The standard InChI is InChI=1S/C14H17BrO4/c1-8(18-2)13(14(16)17)19-12-6-5-10(15)7-11(12)9-3-4-9/h5-9,13H,3-4H2,1-2H3,(H,16,17)/t8?,13-/m0/s1. The predicted octanol–water partition coefficient (Wildman–Crippen LogP) is 3.19. The van der Waals surface area contributed by atoms with E-state index in [1.54, 1.807) is 6.92 Å². The van der Waals surface area contributed by atoms with Gasteiger partial charge < -0.3 is 14.6 Å². The maximum Gasteiger partial charge on any atom is 0.347 e. The summed E-state index contributed by atoms with van der Waals surface area (Å²) in [5.74, 6) is 0.112. The molecule has 0 saturated heterocycles. The second-order valence-corrected chi connectivity index (χ2v) is 5.69. The lowest BCUT2D eigenvalue weighted by Crippen LogP contribution is -2.38. The maximum absolute atomic E-state index is 11.3. The van der Waals surface area contributed by atoms with Crippen molar-refractivity contribution in [2.24, 2.45) is 0 Å². The second kappa shape index (κ2) is 5.92. The van der Waals surface area contributed by atoms with Crippen LogP contribution in [0, 0.1) is 0 Å². The number of ether oxygens (including phenoxy) is 2. The van der Waals surface area contributed by atoms with Crippen molar-refractivity contribution >= 4 is 21.9 Å². The highest BCUT2D eigenvalue weighted by Gasteiger charge is 2.31. The van der Waals surface area contributed by atoms with E-state index in [0.717, 1.165) is 22.9 Å². The molecule has 104 valence electrons. The average molecular weight is 329 g/mol. The number of aliphatic carboxylic acids is 1. The molecule has 2 rings (SSSR count). The number of benzene rings is 1. The third-order valence-electron chi connectivity index (χ3n) is 3.28. The lowest BCUT2D eigenvalue weighted by molar-refractivity contribution is -0.151. The number of rotatable bonds is 6. The Balaban J connectivity index is 2.23. The molecule has 0 heterocycles. The highest BCUT2D eigenvalue weighted by molar-refractivity contribution is 9.10. The quantitative estimate of drug-likeness (QED) is 0.871. The number of carbonyl (C=O) groups is 1. The van der Waals surface area contributed by atoms with Crippen molar-refractivity contribution < 1.29 is 19.4 Å². The molecule has 0 aromatic heterocycles. The fourth-order valence-electron chi connectivity index (χ4n) is 1.95. The smallest absolute Gasteiger partial charge is 0.347 e. The van der Waals surface area contributed by atoms with Gasteiger partial charge in [0, 0.05) is 11.6 Å². The Morgan fingerprint density at radius 1 is 1.47 bits per heavy atom. The normalized spacial score (nSPS) is 17.8. The third kappa shape index (κ3) is 3.48. The van der Waals surface area contributed by atoms with Gasteiger partial charge in [-0.05, 0) is 49.4 Å². The topological polar surface area (TPSA) is 55.8 Å². The number of carboxylic acids is 1. The molecular formula is C14H17BrO4. The van der Waals surface area contributed by atoms with Crippen LogP contribution in [-0.2, 0) is 9.53 Å². The summed E-state index contributed by atoms with van der Waals surface area (Å²) in [6, 6.07) is 5.68. The van der Waals surface area contributed by atoms with E-state index in [2.05, 4.69) is 15.9 Å². The molecule has 0 amide bonds. The molecule has 1 unspecified atom stereocenters. The van der Waals surface area contributed by atoms with Crippen LogP contribution in [0.1, 0.15) is 31.2 Å². The van der Waals surface area contributed by atoms with Crippen LogP contribution >= 0.6 is 15.9 Å². The van der Waals surface area contributed by atoms with Gasteiger partial charge in [0.25, 0.3) is 0 Å². The molecule has 2 atom stereocenters. The summed E-state index contributed by atoms with van der Waals surface area (Å²) in [5.41, 5.74) is 1.07. The van der Waals surface area contributed by atoms with Gasteiger partial charge in [-0.2, -0.15) is 0 Å². The highest BCUT2D eigenvalue weighted by Crippen LogP contribution is 2.45.